The summed E-state index contributed by atoms with van der Waals surface area (Å²) in [6.07, 6.45) is 75.0. The maximum Gasteiger partial charge on any atom is 0.306 e. The molecule has 9 heteroatoms. The molecule has 0 spiro atoms. The van der Waals surface area contributed by atoms with Gasteiger partial charge >= 0.3 is 11.9 Å². The summed E-state index contributed by atoms with van der Waals surface area (Å²) in [7, 11) is 5.92. The van der Waals surface area contributed by atoms with Crippen LogP contribution in [0, 0.1) is 0 Å². The van der Waals surface area contributed by atoms with Crippen LogP contribution >= 0.6 is 0 Å². The fraction of sp³-hybridized carbons (Fsp3) is 0.750. The predicted octanol–water partition coefficient (Wildman–Crippen LogP) is 17.8. The summed E-state index contributed by atoms with van der Waals surface area (Å²) >= 11 is 0. The van der Waals surface area contributed by atoms with Crippen LogP contribution in [0.1, 0.15) is 271 Å². The molecule has 9 nitrogen and oxygen atoms in total. The number of rotatable bonds is 58. The van der Waals surface area contributed by atoms with E-state index in [1.807, 2.05) is 21.1 Å². The van der Waals surface area contributed by atoms with Gasteiger partial charge in [0, 0.05) is 12.8 Å². The molecule has 0 radical (unpaired) electrons. The van der Waals surface area contributed by atoms with E-state index >= 15 is 0 Å². The number of esters is 2. The lowest BCUT2D eigenvalue weighted by atomic mass is 10.0. The van der Waals surface area contributed by atoms with Crippen LogP contribution in [0.2, 0.25) is 0 Å². The Hall–Kier alpha value is -3.53. The topological polar surface area (TPSA) is 111 Å². The quantitative estimate of drug-likeness (QED) is 0.0195. The van der Waals surface area contributed by atoms with Crippen LogP contribution in [0.5, 0.6) is 0 Å². The molecule has 444 valence electrons. The van der Waals surface area contributed by atoms with Crippen molar-refractivity contribution < 1.29 is 42.9 Å². The van der Waals surface area contributed by atoms with E-state index in [0.717, 1.165) is 83.5 Å². The van der Waals surface area contributed by atoms with Gasteiger partial charge < -0.3 is 33.3 Å². The Bertz CT molecular complexity index is 1540. The van der Waals surface area contributed by atoms with Crippen molar-refractivity contribution in [3.8, 4) is 0 Å². The molecule has 0 bridgehead atoms. The van der Waals surface area contributed by atoms with Gasteiger partial charge in [-0.1, -0.05) is 253 Å². The van der Waals surface area contributed by atoms with Crippen LogP contribution in [0.15, 0.2) is 85.1 Å². The Labute approximate surface area is 474 Å². The molecule has 0 saturated heterocycles. The first-order valence-corrected chi connectivity index (χ1v) is 31.7. The highest BCUT2D eigenvalue weighted by Gasteiger charge is 2.22. The van der Waals surface area contributed by atoms with Crippen LogP contribution in [0.4, 0.5) is 0 Å². The molecule has 0 heterocycles. The smallest absolute Gasteiger partial charge is 0.306 e. The maximum absolute atomic E-state index is 12.9. The van der Waals surface area contributed by atoms with Gasteiger partial charge in [-0.25, -0.2) is 0 Å². The normalized spacial score (nSPS) is 13.3. The van der Waals surface area contributed by atoms with E-state index in [9.17, 15) is 19.5 Å². The van der Waals surface area contributed by atoms with E-state index in [1.165, 1.54) is 154 Å². The highest BCUT2D eigenvalue weighted by molar-refractivity contribution is 5.70. The Morgan fingerprint density at radius 2 is 0.740 bits per heavy atom. The Kier molecular flexibility index (Phi) is 55.9. The second-order valence-electron chi connectivity index (χ2n) is 22.3. The van der Waals surface area contributed by atoms with Gasteiger partial charge in [-0.2, -0.15) is 0 Å². The van der Waals surface area contributed by atoms with Crippen LogP contribution < -0.4 is 5.11 Å². The van der Waals surface area contributed by atoms with Crippen LogP contribution in [-0.2, 0) is 33.3 Å². The minimum absolute atomic E-state index is 0.142. The third-order valence-electron chi connectivity index (χ3n) is 13.6. The van der Waals surface area contributed by atoms with Crippen LogP contribution in [0.25, 0.3) is 0 Å². The molecule has 0 fully saturated rings. The molecule has 0 aromatic rings. The van der Waals surface area contributed by atoms with Crippen molar-refractivity contribution in [1.82, 2.24) is 0 Å². The van der Waals surface area contributed by atoms with Crippen molar-refractivity contribution in [1.29, 1.82) is 0 Å². The molecule has 77 heavy (non-hydrogen) atoms. The third-order valence-corrected chi connectivity index (χ3v) is 13.6. The number of hydrogen-bond acceptors (Lipinski definition) is 8. The number of ether oxygens (including phenoxy) is 4. The fourth-order valence-corrected chi connectivity index (χ4v) is 8.77. The van der Waals surface area contributed by atoms with Gasteiger partial charge in [-0.15, -0.1) is 0 Å². The van der Waals surface area contributed by atoms with E-state index in [2.05, 4.69) is 98.9 Å². The molecule has 2 unspecified atom stereocenters. The van der Waals surface area contributed by atoms with Crippen molar-refractivity contribution in [3.63, 3.8) is 0 Å². The highest BCUT2D eigenvalue weighted by Crippen LogP contribution is 2.17. The first-order chi connectivity index (χ1) is 37.6. The summed E-state index contributed by atoms with van der Waals surface area (Å²) in [6.45, 7) is 4.63. The molecule has 0 aliphatic rings. The van der Waals surface area contributed by atoms with Gasteiger partial charge in [-0.3, -0.25) is 9.59 Å². The molecular weight excluding hydrogens is 959 g/mol. The Morgan fingerprint density at radius 3 is 1.10 bits per heavy atom. The SMILES string of the molecule is CC/C=C\C/C=C\C/C=C\C/C=C\C/C=C\CCCCCCCCCC(=O)OC(COC(=O)CCCCCCCCCCCCCCCCCCC/C=C\C/C=C\CCCCCCC)COC(OCC[N+](C)(C)C)C(=O)[O-]. The zero-order valence-electron chi connectivity index (χ0n) is 50.6. The number of nitrogens with zero attached hydrogens (tertiary/aromatic N) is 1. The van der Waals surface area contributed by atoms with Crippen molar-refractivity contribution in [2.45, 2.75) is 283 Å². The van der Waals surface area contributed by atoms with Crippen LogP contribution in [0.3, 0.4) is 0 Å². The van der Waals surface area contributed by atoms with E-state index in [0.29, 0.717) is 17.4 Å². The summed E-state index contributed by atoms with van der Waals surface area (Å²) in [5, 5.41) is 11.8. The Morgan fingerprint density at radius 1 is 0.403 bits per heavy atom. The minimum atomic E-state index is -1.63. The van der Waals surface area contributed by atoms with Crippen LogP contribution in [-0.4, -0.2) is 82.3 Å². The standard InChI is InChI=1S/C68H119NO8/c1-6-8-10-12-14-16-18-20-22-24-26-28-30-31-32-33-34-35-37-38-40-42-44-46-48-50-52-54-56-58-65(70)75-62-64(63-76-68(67(72)73)74-61-60-69(3,4)5)77-66(71)59-57-55-53-51-49-47-45-43-41-39-36-29-27-25-23-21-19-17-15-13-11-9-7-2/h9,11,15,17-18,20-21,23-24,26-27,29,39,41,64,68H,6-8,10,12-14,16,19,22,25,28,30-38,40,42-63H2,1-5H3/b11-9-,17-15-,20-18-,23-21-,26-24-,29-27-,41-39-. The fourth-order valence-electron chi connectivity index (χ4n) is 8.77. The molecule has 2 atom stereocenters. The molecular formula is C68H119NO8. The third kappa shape index (κ3) is 60.0. The van der Waals surface area contributed by atoms with E-state index in [1.54, 1.807) is 0 Å². The van der Waals surface area contributed by atoms with Gasteiger partial charge in [0.15, 0.2) is 12.4 Å². The summed E-state index contributed by atoms with van der Waals surface area (Å²) in [5.74, 6) is -2.29. The number of unbranched alkanes of at least 4 members (excludes halogenated alkanes) is 29. The number of carboxylic acids is 1. The minimum Gasteiger partial charge on any atom is -0.545 e. The van der Waals surface area contributed by atoms with Crippen molar-refractivity contribution in [3.05, 3.63) is 85.1 Å². The number of likely N-dealkylation sites (N-methyl/N-ethyl adjacent to an activating group) is 1. The molecule has 0 rings (SSSR count). The average Bonchev–Trinajstić information content (AvgIpc) is 3.40. The summed E-state index contributed by atoms with van der Waals surface area (Å²) in [4.78, 5) is 37.4. The van der Waals surface area contributed by atoms with E-state index in [-0.39, 0.29) is 38.6 Å². The molecule has 0 N–H and O–H groups in total. The number of carboxylic acid groups (broad SMARTS) is 1. The first-order valence-electron chi connectivity index (χ1n) is 31.7. The molecule has 0 amide bonds. The number of quaternary nitrogens is 1. The summed E-state index contributed by atoms with van der Waals surface area (Å²) in [5.41, 5.74) is 0. The highest BCUT2D eigenvalue weighted by atomic mass is 16.7. The van der Waals surface area contributed by atoms with Gasteiger partial charge in [0.25, 0.3) is 0 Å². The monoisotopic (exact) mass is 1080 g/mol. The number of carbonyl (C=O) groups is 3. The predicted molar refractivity (Wildman–Crippen MR) is 324 cm³/mol. The maximum atomic E-state index is 12.9. The number of allylic oxidation sites excluding steroid dienone is 14. The summed E-state index contributed by atoms with van der Waals surface area (Å²) in [6, 6.07) is 0. The first kappa shape index (κ1) is 73.5. The molecule has 0 aliphatic carbocycles. The average molecular weight is 1080 g/mol. The second-order valence-corrected chi connectivity index (χ2v) is 22.3. The molecule has 0 aromatic heterocycles. The lowest BCUT2D eigenvalue weighted by Gasteiger charge is -2.26. The number of hydrogen-bond donors (Lipinski definition) is 0. The summed E-state index contributed by atoms with van der Waals surface area (Å²) < 4.78 is 22.7. The van der Waals surface area contributed by atoms with Crippen molar-refractivity contribution >= 4 is 17.9 Å². The molecule has 0 aromatic carbocycles. The van der Waals surface area contributed by atoms with Crippen molar-refractivity contribution in [2.24, 2.45) is 0 Å². The van der Waals surface area contributed by atoms with Crippen molar-refractivity contribution in [2.75, 3.05) is 47.5 Å². The van der Waals surface area contributed by atoms with Gasteiger partial charge in [-0.05, 0) is 89.9 Å². The molecule has 0 saturated carbocycles. The van der Waals surface area contributed by atoms with Gasteiger partial charge in [0.2, 0.25) is 0 Å². The number of carbonyl (C=O) groups excluding carboxylic acids is 3. The second kappa shape index (κ2) is 58.6. The zero-order valence-corrected chi connectivity index (χ0v) is 50.6. The van der Waals surface area contributed by atoms with Gasteiger partial charge in [0.05, 0.1) is 40.3 Å². The lowest BCUT2D eigenvalue weighted by Crippen LogP contribution is -2.44. The molecule has 0 aliphatic heterocycles. The van der Waals surface area contributed by atoms with E-state index in [4.69, 9.17) is 18.9 Å². The number of aliphatic carboxylic acids is 1. The Balaban J connectivity index is 4.18. The zero-order chi connectivity index (χ0) is 56.2. The van der Waals surface area contributed by atoms with Gasteiger partial charge in [0.1, 0.15) is 13.2 Å². The lowest BCUT2D eigenvalue weighted by molar-refractivity contribution is -0.870. The van der Waals surface area contributed by atoms with E-state index < -0.39 is 24.3 Å². The largest absolute Gasteiger partial charge is 0.545 e.